The molecule has 0 radical (unpaired) electrons. The maximum absolute atomic E-state index is 5.59. The van der Waals surface area contributed by atoms with Crippen molar-refractivity contribution < 1.29 is 4.74 Å². The van der Waals surface area contributed by atoms with Gasteiger partial charge in [0.05, 0.1) is 5.69 Å². The van der Waals surface area contributed by atoms with Crippen LogP contribution in [0.15, 0.2) is 12.3 Å². The van der Waals surface area contributed by atoms with Crippen molar-refractivity contribution >= 4 is 5.65 Å². The van der Waals surface area contributed by atoms with Crippen molar-refractivity contribution in [2.75, 3.05) is 19.8 Å². The number of ether oxygens (including phenoxy) is 1. The second kappa shape index (κ2) is 5.27. The molecule has 102 valence electrons. The molecule has 2 N–H and O–H groups in total. The van der Waals surface area contributed by atoms with Gasteiger partial charge in [0.15, 0.2) is 0 Å². The highest BCUT2D eigenvalue weighted by atomic mass is 16.5. The summed E-state index contributed by atoms with van der Waals surface area (Å²) >= 11 is 0. The predicted octanol–water partition coefficient (Wildman–Crippen LogP) is 1.43. The van der Waals surface area contributed by atoms with Gasteiger partial charge < -0.3 is 10.5 Å². The third kappa shape index (κ3) is 2.48. The number of hydrogen-bond donors (Lipinski definition) is 1. The first-order chi connectivity index (χ1) is 9.28. The van der Waals surface area contributed by atoms with E-state index in [4.69, 9.17) is 15.5 Å². The van der Waals surface area contributed by atoms with Gasteiger partial charge in [0.25, 0.3) is 0 Å². The van der Waals surface area contributed by atoms with E-state index in [2.05, 4.69) is 11.1 Å². The Morgan fingerprint density at radius 3 is 2.89 bits per heavy atom. The fourth-order valence-corrected chi connectivity index (χ4v) is 2.68. The summed E-state index contributed by atoms with van der Waals surface area (Å²) in [6, 6.07) is 2.11. The fraction of sp³-hybridized carbons (Fsp3) is 0.571. The van der Waals surface area contributed by atoms with Crippen molar-refractivity contribution in [3.05, 3.63) is 29.5 Å². The highest BCUT2D eigenvalue weighted by Crippen LogP contribution is 2.26. The molecule has 0 amide bonds. The lowest BCUT2D eigenvalue weighted by atomic mass is 9.96. The summed E-state index contributed by atoms with van der Waals surface area (Å²) in [6.07, 6.45) is 4.96. The third-order valence-electron chi connectivity index (χ3n) is 3.74. The molecule has 0 aliphatic carbocycles. The van der Waals surface area contributed by atoms with Crippen molar-refractivity contribution in [2.24, 2.45) is 5.73 Å². The average Bonchev–Trinajstić information content (AvgIpc) is 2.83. The molecule has 0 bridgehead atoms. The molecule has 2 aromatic heterocycles. The molecule has 1 fully saturated rings. The van der Waals surface area contributed by atoms with Gasteiger partial charge in [0.2, 0.25) is 0 Å². The van der Waals surface area contributed by atoms with Crippen LogP contribution in [-0.4, -0.2) is 34.1 Å². The van der Waals surface area contributed by atoms with E-state index in [1.807, 2.05) is 17.5 Å². The Balaban J connectivity index is 1.97. The second-order valence-electron chi connectivity index (χ2n) is 5.11. The quantitative estimate of drug-likeness (QED) is 0.906. The van der Waals surface area contributed by atoms with Gasteiger partial charge in [-0.3, -0.25) is 4.40 Å². The molecule has 1 saturated heterocycles. The van der Waals surface area contributed by atoms with Crippen molar-refractivity contribution in [1.29, 1.82) is 0 Å². The second-order valence-corrected chi connectivity index (χ2v) is 5.11. The van der Waals surface area contributed by atoms with Crippen LogP contribution in [-0.2, 0) is 11.2 Å². The largest absolute Gasteiger partial charge is 0.381 e. The molecule has 0 unspecified atom stereocenters. The molecule has 5 heteroatoms. The Labute approximate surface area is 112 Å². The van der Waals surface area contributed by atoms with E-state index in [9.17, 15) is 0 Å². The maximum Gasteiger partial charge on any atom is 0.140 e. The highest BCUT2D eigenvalue weighted by Gasteiger charge is 2.18. The van der Waals surface area contributed by atoms with Crippen LogP contribution in [0.1, 0.15) is 36.0 Å². The van der Waals surface area contributed by atoms with Crippen LogP contribution in [0.2, 0.25) is 0 Å². The summed E-state index contributed by atoms with van der Waals surface area (Å²) in [5.74, 6) is 1.50. The first-order valence-corrected chi connectivity index (χ1v) is 6.91. The lowest BCUT2D eigenvalue weighted by Gasteiger charge is -2.21. The van der Waals surface area contributed by atoms with Crippen molar-refractivity contribution in [3.63, 3.8) is 0 Å². The topological polar surface area (TPSA) is 65.4 Å². The Kier molecular flexibility index (Phi) is 3.48. The van der Waals surface area contributed by atoms with E-state index in [1.165, 1.54) is 0 Å². The Morgan fingerprint density at radius 2 is 2.16 bits per heavy atom. The molecular formula is C14H20N4O. The maximum atomic E-state index is 5.59. The molecule has 19 heavy (non-hydrogen) atoms. The zero-order chi connectivity index (χ0) is 13.2. The summed E-state index contributed by atoms with van der Waals surface area (Å²) in [7, 11) is 0. The summed E-state index contributed by atoms with van der Waals surface area (Å²) < 4.78 is 7.46. The van der Waals surface area contributed by atoms with Gasteiger partial charge in [0.1, 0.15) is 11.5 Å². The first-order valence-electron chi connectivity index (χ1n) is 6.91. The van der Waals surface area contributed by atoms with E-state index in [0.717, 1.165) is 55.3 Å². The van der Waals surface area contributed by atoms with Gasteiger partial charge in [-0.2, -0.15) is 0 Å². The monoisotopic (exact) mass is 260 g/mol. The van der Waals surface area contributed by atoms with Crippen LogP contribution in [0.3, 0.4) is 0 Å². The average molecular weight is 260 g/mol. The molecule has 5 nitrogen and oxygen atoms in total. The standard InChI is InChI=1S/C14H20N4O/c1-10-16-13(11-3-6-19-7-4-11)8-14-17-12(2-5-15)9-18(10)14/h8-9,11H,2-7,15H2,1H3. The lowest BCUT2D eigenvalue weighted by Crippen LogP contribution is -2.16. The van der Waals surface area contributed by atoms with Crippen LogP contribution >= 0.6 is 0 Å². The number of imidazole rings is 1. The number of hydrogen-bond acceptors (Lipinski definition) is 4. The normalized spacial score (nSPS) is 17.2. The van der Waals surface area contributed by atoms with Gasteiger partial charge in [-0.1, -0.05) is 0 Å². The fourth-order valence-electron chi connectivity index (χ4n) is 2.68. The molecule has 0 atom stereocenters. The smallest absolute Gasteiger partial charge is 0.140 e. The molecule has 3 heterocycles. The van der Waals surface area contributed by atoms with Crippen LogP contribution in [0.5, 0.6) is 0 Å². The zero-order valence-electron chi connectivity index (χ0n) is 11.3. The van der Waals surface area contributed by atoms with Crippen LogP contribution in [0, 0.1) is 6.92 Å². The van der Waals surface area contributed by atoms with Gasteiger partial charge in [-0.05, 0) is 26.3 Å². The minimum Gasteiger partial charge on any atom is -0.381 e. The minimum absolute atomic E-state index is 0.507. The Bertz CT molecular complexity index is 572. The molecule has 3 rings (SSSR count). The molecule has 0 aromatic carbocycles. The Hall–Kier alpha value is -1.46. The van der Waals surface area contributed by atoms with Crippen LogP contribution < -0.4 is 5.73 Å². The molecule has 1 aliphatic heterocycles. The highest BCUT2D eigenvalue weighted by molar-refractivity contribution is 5.43. The van der Waals surface area contributed by atoms with Crippen LogP contribution in [0.25, 0.3) is 5.65 Å². The van der Waals surface area contributed by atoms with Crippen molar-refractivity contribution in [1.82, 2.24) is 14.4 Å². The van der Waals surface area contributed by atoms with E-state index < -0.39 is 0 Å². The summed E-state index contributed by atoms with van der Waals surface area (Å²) in [5, 5.41) is 0. The lowest BCUT2D eigenvalue weighted by molar-refractivity contribution is 0.0844. The van der Waals surface area contributed by atoms with Gasteiger partial charge in [-0.15, -0.1) is 0 Å². The summed E-state index contributed by atoms with van der Waals surface area (Å²) in [5.41, 5.74) is 8.76. The number of nitrogens with two attached hydrogens (primary N) is 1. The van der Waals surface area contributed by atoms with Gasteiger partial charge in [0, 0.05) is 43.5 Å². The molecular weight excluding hydrogens is 240 g/mol. The molecule has 1 aliphatic rings. The molecule has 0 spiro atoms. The Morgan fingerprint density at radius 1 is 1.37 bits per heavy atom. The summed E-state index contributed by atoms with van der Waals surface area (Å²) in [4.78, 5) is 9.37. The van der Waals surface area contributed by atoms with Crippen LogP contribution in [0.4, 0.5) is 0 Å². The van der Waals surface area contributed by atoms with E-state index in [0.29, 0.717) is 12.5 Å². The van der Waals surface area contributed by atoms with Crippen molar-refractivity contribution in [3.8, 4) is 0 Å². The van der Waals surface area contributed by atoms with Gasteiger partial charge >= 0.3 is 0 Å². The van der Waals surface area contributed by atoms with Crippen molar-refractivity contribution in [2.45, 2.75) is 32.1 Å². The predicted molar refractivity (Wildman–Crippen MR) is 73.3 cm³/mol. The number of aryl methyl sites for hydroxylation is 1. The zero-order valence-corrected chi connectivity index (χ0v) is 11.3. The third-order valence-corrected chi connectivity index (χ3v) is 3.74. The van der Waals surface area contributed by atoms with E-state index in [1.54, 1.807) is 0 Å². The minimum atomic E-state index is 0.507. The van der Waals surface area contributed by atoms with E-state index in [-0.39, 0.29) is 0 Å². The SMILES string of the molecule is Cc1nc(C2CCOCC2)cc2nc(CCN)cn12. The number of fused-ring (bicyclic) bond motifs is 1. The van der Waals surface area contributed by atoms with Gasteiger partial charge in [-0.25, -0.2) is 9.97 Å². The first kappa shape index (κ1) is 12.6. The number of rotatable bonds is 3. The summed E-state index contributed by atoms with van der Waals surface area (Å²) in [6.45, 7) is 4.33. The molecule has 2 aromatic rings. The molecule has 0 saturated carbocycles. The number of nitrogens with zero attached hydrogens (tertiary/aromatic N) is 3. The number of aromatic nitrogens is 3. The van der Waals surface area contributed by atoms with E-state index >= 15 is 0 Å².